The number of thiophene rings is 1. The molecule has 1 amide bonds. The van der Waals surface area contributed by atoms with Gasteiger partial charge in [-0.15, -0.1) is 16.4 Å². The van der Waals surface area contributed by atoms with Gasteiger partial charge in [0, 0.05) is 10.6 Å². The molecule has 0 bridgehead atoms. The zero-order valence-electron chi connectivity index (χ0n) is 17.1. The SMILES string of the molecule is Cc1ccc(OCc2csc(C(=O)Nc3ncn(Cc4ccccc4Cl)n3)c2)c(C)c1. The lowest BCUT2D eigenvalue weighted by atomic mass is 10.1. The Hall–Kier alpha value is -3.16. The van der Waals surface area contributed by atoms with Gasteiger partial charge in [-0.25, -0.2) is 9.67 Å². The van der Waals surface area contributed by atoms with Crippen LogP contribution < -0.4 is 10.1 Å². The Balaban J connectivity index is 1.35. The average Bonchev–Trinajstić information content (AvgIpc) is 3.39. The summed E-state index contributed by atoms with van der Waals surface area (Å²) in [5.41, 5.74) is 4.15. The van der Waals surface area contributed by atoms with Gasteiger partial charge in [-0.2, -0.15) is 0 Å². The molecule has 0 aliphatic rings. The molecular formula is C23H21ClN4O2S. The summed E-state index contributed by atoms with van der Waals surface area (Å²) in [5.74, 6) is 0.841. The number of hydrogen-bond acceptors (Lipinski definition) is 5. The molecule has 0 radical (unpaired) electrons. The molecule has 2 heterocycles. The number of carbonyl (C=O) groups is 1. The highest BCUT2D eigenvalue weighted by atomic mass is 35.5. The number of rotatable bonds is 7. The summed E-state index contributed by atoms with van der Waals surface area (Å²) in [6.07, 6.45) is 1.57. The van der Waals surface area contributed by atoms with Crippen LogP contribution in [0.3, 0.4) is 0 Å². The number of anilines is 1. The molecule has 2 aromatic carbocycles. The molecule has 8 heteroatoms. The van der Waals surface area contributed by atoms with Crippen LogP contribution in [-0.2, 0) is 13.2 Å². The third-order valence-corrected chi connectivity index (χ3v) is 6.00. The number of halogens is 1. The van der Waals surface area contributed by atoms with Crippen molar-refractivity contribution in [3.63, 3.8) is 0 Å². The van der Waals surface area contributed by atoms with E-state index in [4.69, 9.17) is 16.3 Å². The molecule has 0 atom stereocenters. The van der Waals surface area contributed by atoms with Gasteiger partial charge in [0.25, 0.3) is 5.91 Å². The molecule has 0 aliphatic heterocycles. The first-order valence-electron chi connectivity index (χ1n) is 9.69. The van der Waals surface area contributed by atoms with Crippen LogP contribution in [0.1, 0.15) is 31.9 Å². The first-order valence-corrected chi connectivity index (χ1v) is 11.0. The van der Waals surface area contributed by atoms with Gasteiger partial charge in [0.2, 0.25) is 5.95 Å². The lowest BCUT2D eigenvalue weighted by molar-refractivity contribution is 0.102. The highest BCUT2D eigenvalue weighted by Gasteiger charge is 2.13. The number of aromatic nitrogens is 3. The van der Waals surface area contributed by atoms with Gasteiger partial charge in [-0.3, -0.25) is 10.1 Å². The highest BCUT2D eigenvalue weighted by molar-refractivity contribution is 7.12. The van der Waals surface area contributed by atoms with Crippen LogP contribution in [0.5, 0.6) is 5.75 Å². The van der Waals surface area contributed by atoms with E-state index < -0.39 is 0 Å². The number of hydrogen-bond donors (Lipinski definition) is 1. The Morgan fingerprint density at radius 1 is 1.19 bits per heavy atom. The van der Waals surface area contributed by atoms with E-state index in [-0.39, 0.29) is 11.9 Å². The molecule has 0 unspecified atom stereocenters. The number of nitrogens with zero attached hydrogens (tertiary/aromatic N) is 3. The van der Waals surface area contributed by atoms with E-state index in [1.54, 1.807) is 11.0 Å². The third kappa shape index (κ3) is 5.31. The van der Waals surface area contributed by atoms with Crippen LogP contribution in [0.15, 0.2) is 60.2 Å². The number of benzene rings is 2. The van der Waals surface area contributed by atoms with Gasteiger partial charge in [0.05, 0.1) is 11.4 Å². The van der Waals surface area contributed by atoms with Crippen molar-refractivity contribution in [2.45, 2.75) is 27.0 Å². The molecule has 6 nitrogen and oxygen atoms in total. The van der Waals surface area contributed by atoms with E-state index in [1.807, 2.05) is 54.8 Å². The minimum Gasteiger partial charge on any atom is -0.489 e. The van der Waals surface area contributed by atoms with Crippen LogP contribution in [0.4, 0.5) is 5.95 Å². The lowest BCUT2D eigenvalue weighted by Crippen LogP contribution is -2.12. The minimum atomic E-state index is -0.252. The molecule has 0 aliphatic carbocycles. The fourth-order valence-electron chi connectivity index (χ4n) is 3.09. The Morgan fingerprint density at radius 2 is 2.03 bits per heavy atom. The minimum absolute atomic E-state index is 0.249. The second kappa shape index (κ2) is 9.32. The summed E-state index contributed by atoms with van der Waals surface area (Å²) in [5, 5.41) is 9.63. The summed E-state index contributed by atoms with van der Waals surface area (Å²) < 4.78 is 7.53. The highest BCUT2D eigenvalue weighted by Crippen LogP contribution is 2.22. The quantitative estimate of drug-likeness (QED) is 0.402. The number of aryl methyl sites for hydroxylation is 2. The van der Waals surface area contributed by atoms with Crippen molar-refractivity contribution in [1.29, 1.82) is 0 Å². The Labute approximate surface area is 189 Å². The zero-order chi connectivity index (χ0) is 21.8. The monoisotopic (exact) mass is 452 g/mol. The third-order valence-electron chi connectivity index (χ3n) is 4.65. The average molecular weight is 453 g/mol. The smallest absolute Gasteiger partial charge is 0.268 e. The van der Waals surface area contributed by atoms with Crippen LogP contribution in [0, 0.1) is 13.8 Å². The Kier molecular flexibility index (Phi) is 6.34. The molecule has 4 rings (SSSR count). The van der Waals surface area contributed by atoms with Gasteiger partial charge in [-0.1, -0.05) is 47.5 Å². The van der Waals surface area contributed by atoms with Crippen molar-refractivity contribution >= 4 is 34.8 Å². The summed E-state index contributed by atoms with van der Waals surface area (Å²) in [6, 6.07) is 15.4. The molecule has 0 spiro atoms. The van der Waals surface area contributed by atoms with E-state index in [9.17, 15) is 4.79 Å². The Bertz CT molecular complexity index is 1220. The maximum absolute atomic E-state index is 12.6. The molecule has 158 valence electrons. The topological polar surface area (TPSA) is 69.0 Å². The van der Waals surface area contributed by atoms with E-state index >= 15 is 0 Å². The predicted molar refractivity (Wildman–Crippen MR) is 123 cm³/mol. The van der Waals surface area contributed by atoms with Gasteiger partial charge in [-0.05, 0) is 48.6 Å². The zero-order valence-corrected chi connectivity index (χ0v) is 18.7. The summed E-state index contributed by atoms with van der Waals surface area (Å²) in [4.78, 5) is 17.3. The molecule has 4 aromatic rings. The number of amides is 1. The summed E-state index contributed by atoms with van der Waals surface area (Å²) in [6.45, 7) is 4.95. The first kappa shape index (κ1) is 21.1. The molecular weight excluding hydrogens is 432 g/mol. The maximum atomic E-state index is 12.6. The lowest BCUT2D eigenvalue weighted by Gasteiger charge is -2.08. The summed E-state index contributed by atoms with van der Waals surface area (Å²) >= 11 is 7.55. The maximum Gasteiger partial charge on any atom is 0.268 e. The largest absolute Gasteiger partial charge is 0.489 e. The Morgan fingerprint density at radius 3 is 2.84 bits per heavy atom. The second-order valence-corrected chi connectivity index (χ2v) is 8.51. The van der Waals surface area contributed by atoms with E-state index in [2.05, 4.69) is 28.4 Å². The normalized spacial score (nSPS) is 10.8. The number of nitrogens with one attached hydrogen (secondary N) is 1. The first-order chi connectivity index (χ1) is 15.0. The van der Waals surface area contributed by atoms with Crippen molar-refractivity contribution in [1.82, 2.24) is 14.8 Å². The van der Waals surface area contributed by atoms with Gasteiger partial charge < -0.3 is 4.74 Å². The fraction of sp³-hybridized carbons (Fsp3) is 0.174. The predicted octanol–water partition coefficient (Wildman–Crippen LogP) is 5.49. The van der Waals surface area contributed by atoms with Crippen molar-refractivity contribution in [3.8, 4) is 5.75 Å². The second-order valence-electron chi connectivity index (χ2n) is 7.19. The summed E-state index contributed by atoms with van der Waals surface area (Å²) in [7, 11) is 0. The van der Waals surface area contributed by atoms with Crippen LogP contribution in [-0.4, -0.2) is 20.7 Å². The van der Waals surface area contributed by atoms with Crippen LogP contribution in [0.25, 0.3) is 0 Å². The molecule has 1 N–H and O–H groups in total. The fourth-order valence-corrected chi connectivity index (χ4v) is 4.07. The molecule has 31 heavy (non-hydrogen) atoms. The van der Waals surface area contributed by atoms with E-state index in [1.165, 1.54) is 16.9 Å². The van der Waals surface area contributed by atoms with Crippen molar-refractivity contribution < 1.29 is 9.53 Å². The van der Waals surface area contributed by atoms with E-state index in [0.717, 1.165) is 22.4 Å². The molecule has 0 saturated carbocycles. The van der Waals surface area contributed by atoms with Crippen LogP contribution in [0.2, 0.25) is 5.02 Å². The number of ether oxygens (including phenoxy) is 1. The van der Waals surface area contributed by atoms with E-state index in [0.29, 0.717) is 23.1 Å². The molecule has 0 saturated heterocycles. The number of carbonyl (C=O) groups excluding carboxylic acids is 1. The molecule has 2 aromatic heterocycles. The van der Waals surface area contributed by atoms with Crippen molar-refractivity contribution in [2.24, 2.45) is 0 Å². The van der Waals surface area contributed by atoms with Crippen molar-refractivity contribution in [3.05, 3.63) is 92.4 Å². The van der Waals surface area contributed by atoms with Crippen LogP contribution >= 0.6 is 22.9 Å². The van der Waals surface area contributed by atoms with Gasteiger partial charge in [0.1, 0.15) is 18.7 Å². The van der Waals surface area contributed by atoms with Gasteiger partial charge in [0.15, 0.2) is 0 Å². The molecule has 0 fully saturated rings. The standard InChI is InChI=1S/C23H21ClN4O2S/c1-15-7-8-20(16(2)9-15)30-12-17-10-21(31-13-17)22(29)26-23-25-14-28(27-23)11-18-5-3-4-6-19(18)24/h3-10,13-14H,11-12H2,1-2H3,(H,26,27,29). The van der Waals surface area contributed by atoms with Crippen molar-refractivity contribution in [2.75, 3.05) is 5.32 Å². The van der Waals surface area contributed by atoms with Gasteiger partial charge >= 0.3 is 0 Å².